The number of rotatable bonds is 6. The maximum atomic E-state index is 3.28. The Labute approximate surface area is 107 Å². The van der Waals surface area contributed by atoms with Crippen LogP contribution in [-0.2, 0) is 6.42 Å². The van der Waals surface area contributed by atoms with E-state index in [1.165, 1.54) is 28.4 Å². The molecule has 1 aromatic carbocycles. The number of nitrogens with one attached hydrogen (secondary N) is 1. The van der Waals surface area contributed by atoms with E-state index in [2.05, 4.69) is 59.1 Å². The highest BCUT2D eigenvalue weighted by Crippen LogP contribution is 2.15. The van der Waals surface area contributed by atoms with Gasteiger partial charge in [0.1, 0.15) is 0 Å². The van der Waals surface area contributed by atoms with Crippen LogP contribution in [0.2, 0.25) is 0 Å². The molecule has 15 heavy (non-hydrogen) atoms. The standard InChI is InChI=1S/C13H20IN/c1-3-4-12(10-15-2)9-11-5-7-13(14)8-6-11/h5-8,12,15H,3-4,9-10H2,1-2H3. The van der Waals surface area contributed by atoms with Gasteiger partial charge in [0.2, 0.25) is 0 Å². The predicted octanol–water partition coefficient (Wildman–Crippen LogP) is 3.47. The Morgan fingerprint density at radius 1 is 1.27 bits per heavy atom. The van der Waals surface area contributed by atoms with Crippen molar-refractivity contribution in [2.45, 2.75) is 26.2 Å². The summed E-state index contributed by atoms with van der Waals surface area (Å²) in [7, 11) is 2.04. The Morgan fingerprint density at radius 2 is 1.93 bits per heavy atom. The summed E-state index contributed by atoms with van der Waals surface area (Å²) in [6.07, 6.45) is 3.79. The highest BCUT2D eigenvalue weighted by atomic mass is 127. The zero-order valence-corrected chi connectivity index (χ0v) is 11.8. The Bertz CT molecular complexity index is 262. The fraction of sp³-hybridized carbons (Fsp3) is 0.538. The molecule has 0 saturated heterocycles. The summed E-state index contributed by atoms with van der Waals surface area (Å²) < 4.78 is 1.32. The third-order valence-electron chi connectivity index (χ3n) is 2.63. The Kier molecular flexibility index (Phi) is 6.25. The van der Waals surface area contributed by atoms with Gasteiger partial charge in [-0.2, -0.15) is 0 Å². The monoisotopic (exact) mass is 317 g/mol. The summed E-state index contributed by atoms with van der Waals surface area (Å²) in [6, 6.07) is 8.89. The predicted molar refractivity (Wildman–Crippen MR) is 75.2 cm³/mol. The van der Waals surface area contributed by atoms with Gasteiger partial charge in [-0.1, -0.05) is 25.5 Å². The van der Waals surface area contributed by atoms with Crippen LogP contribution in [0.3, 0.4) is 0 Å². The van der Waals surface area contributed by atoms with E-state index in [-0.39, 0.29) is 0 Å². The van der Waals surface area contributed by atoms with E-state index in [0.29, 0.717) is 0 Å². The van der Waals surface area contributed by atoms with Crippen LogP contribution in [0.5, 0.6) is 0 Å². The molecule has 2 heteroatoms. The van der Waals surface area contributed by atoms with Crippen molar-refractivity contribution in [1.82, 2.24) is 5.32 Å². The second-order valence-corrected chi connectivity index (χ2v) is 5.29. The van der Waals surface area contributed by atoms with E-state index < -0.39 is 0 Å². The second-order valence-electron chi connectivity index (χ2n) is 4.04. The smallest absolute Gasteiger partial charge is 0.0130 e. The third kappa shape index (κ3) is 4.98. The van der Waals surface area contributed by atoms with Crippen LogP contribution in [0, 0.1) is 9.49 Å². The van der Waals surface area contributed by atoms with E-state index in [1.807, 2.05) is 7.05 Å². The third-order valence-corrected chi connectivity index (χ3v) is 3.35. The average Bonchev–Trinajstić information content (AvgIpc) is 2.22. The summed E-state index contributed by atoms with van der Waals surface area (Å²) in [6.45, 7) is 3.39. The molecule has 0 bridgehead atoms. The average molecular weight is 317 g/mol. The lowest BCUT2D eigenvalue weighted by Gasteiger charge is -2.15. The Balaban J connectivity index is 2.53. The molecule has 0 aliphatic heterocycles. The van der Waals surface area contributed by atoms with E-state index in [0.717, 1.165) is 12.5 Å². The SMILES string of the molecule is CCCC(CNC)Cc1ccc(I)cc1. The van der Waals surface area contributed by atoms with Gasteiger partial charge in [-0.3, -0.25) is 0 Å². The van der Waals surface area contributed by atoms with Gasteiger partial charge in [-0.15, -0.1) is 0 Å². The number of hydrogen-bond donors (Lipinski definition) is 1. The van der Waals surface area contributed by atoms with Crippen LogP contribution in [0.15, 0.2) is 24.3 Å². The molecule has 1 rings (SSSR count). The summed E-state index contributed by atoms with van der Waals surface area (Å²) in [4.78, 5) is 0. The molecular formula is C13H20IN. The maximum absolute atomic E-state index is 3.28. The number of benzene rings is 1. The maximum Gasteiger partial charge on any atom is 0.0130 e. The normalized spacial score (nSPS) is 12.7. The molecule has 1 nitrogen and oxygen atoms in total. The minimum absolute atomic E-state index is 0.778. The van der Waals surface area contributed by atoms with Crippen LogP contribution in [-0.4, -0.2) is 13.6 Å². The van der Waals surface area contributed by atoms with E-state index >= 15 is 0 Å². The quantitative estimate of drug-likeness (QED) is 0.792. The van der Waals surface area contributed by atoms with Crippen LogP contribution in [0.4, 0.5) is 0 Å². The molecule has 0 spiro atoms. The van der Waals surface area contributed by atoms with E-state index in [9.17, 15) is 0 Å². The number of hydrogen-bond acceptors (Lipinski definition) is 1. The Hall–Kier alpha value is -0.0900. The molecule has 0 radical (unpaired) electrons. The van der Waals surface area contributed by atoms with E-state index in [4.69, 9.17) is 0 Å². The van der Waals surface area contributed by atoms with E-state index in [1.54, 1.807) is 0 Å². The van der Waals surface area contributed by atoms with Gasteiger partial charge in [-0.25, -0.2) is 0 Å². The zero-order chi connectivity index (χ0) is 11.1. The molecular weight excluding hydrogens is 297 g/mol. The number of halogens is 1. The van der Waals surface area contributed by atoms with Gasteiger partial charge < -0.3 is 5.32 Å². The molecule has 1 N–H and O–H groups in total. The summed E-state index contributed by atoms with van der Waals surface area (Å²) in [5.41, 5.74) is 1.46. The largest absolute Gasteiger partial charge is 0.319 e. The second kappa shape index (κ2) is 7.23. The van der Waals surface area contributed by atoms with Crippen molar-refractivity contribution < 1.29 is 0 Å². The first-order chi connectivity index (χ1) is 7.26. The van der Waals surface area contributed by atoms with Crippen molar-refractivity contribution in [3.05, 3.63) is 33.4 Å². The summed E-state index contributed by atoms with van der Waals surface area (Å²) in [5, 5.41) is 3.28. The first-order valence-electron chi connectivity index (χ1n) is 5.65. The lowest BCUT2D eigenvalue weighted by atomic mass is 9.95. The molecule has 0 aliphatic carbocycles. The first kappa shape index (κ1) is 13.0. The van der Waals surface area contributed by atoms with Crippen molar-refractivity contribution in [2.75, 3.05) is 13.6 Å². The minimum Gasteiger partial charge on any atom is -0.319 e. The molecule has 1 aromatic rings. The lowest BCUT2D eigenvalue weighted by Crippen LogP contribution is -2.20. The van der Waals surface area contributed by atoms with Gasteiger partial charge in [0.05, 0.1) is 0 Å². The van der Waals surface area contributed by atoms with Crippen molar-refractivity contribution in [3.8, 4) is 0 Å². The first-order valence-corrected chi connectivity index (χ1v) is 6.73. The van der Waals surface area contributed by atoms with Crippen molar-refractivity contribution in [3.63, 3.8) is 0 Å². The molecule has 0 amide bonds. The van der Waals surface area contributed by atoms with Crippen molar-refractivity contribution in [2.24, 2.45) is 5.92 Å². The van der Waals surface area contributed by atoms with Gasteiger partial charge in [0.15, 0.2) is 0 Å². The van der Waals surface area contributed by atoms with Gasteiger partial charge in [0.25, 0.3) is 0 Å². The van der Waals surface area contributed by atoms with Gasteiger partial charge >= 0.3 is 0 Å². The fourth-order valence-corrected chi connectivity index (χ4v) is 2.29. The molecule has 0 saturated carbocycles. The topological polar surface area (TPSA) is 12.0 Å². The van der Waals surface area contributed by atoms with Crippen molar-refractivity contribution >= 4 is 22.6 Å². The van der Waals surface area contributed by atoms with Crippen LogP contribution in [0.1, 0.15) is 25.3 Å². The molecule has 0 aliphatic rings. The Morgan fingerprint density at radius 3 is 2.47 bits per heavy atom. The molecule has 1 atom stereocenters. The lowest BCUT2D eigenvalue weighted by molar-refractivity contribution is 0.456. The molecule has 0 aromatic heterocycles. The fourth-order valence-electron chi connectivity index (χ4n) is 1.93. The minimum atomic E-state index is 0.778. The molecule has 84 valence electrons. The highest BCUT2D eigenvalue weighted by Gasteiger charge is 2.07. The highest BCUT2D eigenvalue weighted by molar-refractivity contribution is 14.1. The summed E-state index contributed by atoms with van der Waals surface area (Å²) >= 11 is 2.35. The summed E-state index contributed by atoms with van der Waals surface area (Å²) in [5.74, 6) is 0.778. The van der Waals surface area contributed by atoms with Crippen LogP contribution < -0.4 is 5.32 Å². The molecule has 1 unspecified atom stereocenters. The van der Waals surface area contributed by atoms with Crippen LogP contribution >= 0.6 is 22.6 Å². The van der Waals surface area contributed by atoms with Gasteiger partial charge in [0, 0.05) is 3.57 Å². The zero-order valence-electron chi connectivity index (χ0n) is 9.59. The molecule has 0 heterocycles. The van der Waals surface area contributed by atoms with Crippen molar-refractivity contribution in [1.29, 1.82) is 0 Å². The van der Waals surface area contributed by atoms with Gasteiger partial charge in [-0.05, 0) is 72.6 Å². The van der Waals surface area contributed by atoms with Crippen LogP contribution in [0.25, 0.3) is 0 Å². The molecule has 0 fully saturated rings.